The fourth-order valence-corrected chi connectivity index (χ4v) is 2.06. The summed E-state index contributed by atoms with van der Waals surface area (Å²) in [5.41, 5.74) is 1.16. The maximum absolute atomic E-state index is 11.6. The minimum absolute atomic E-state index is 0.135. The maximum atomic E-state index is 11.6. The van der Waals surface area contributed by atoms with Crippen LogP contribution in [0, 0.1) is 0 Å². The highest BCUT2D eigenvalue weighted by atomic mass is 16.1. The molecule has 2 rings (SSSR count). The number of carbonyl (C=O) groups excluding carboxylic acids is 1. The molecule has 0 spiro atoms. The van der Waals surface area contributed by atoms with E-state index < -0.39 is 0 Å². The zero-order valence-electron chi connectivity index (χ0n) is 9.98. The van der Waals surface area contributed by atoms with Crippen molar-refractivity contribution in [2.24, 2.45) is 0 Å². The number of aromatic nitrogens is 1. The van der Waals surface area contributed by atoms with Gasteiger partial charge in [0.05, 0.1) is 0 Å². The summed E-state index contributed by atoms with van der Waals surface area (Å²) in [6, 6.07) is 4.37. The van der Waals surface area contributed by atoms with Crippen molar-refractivity contribution in [3.05, 3.63) is 30.1 Å². The molecule has 1 aromatic rings. The molecule has 1 aliphatic rings. The van der Waals surface area contributed by atoms with Crippen LogP contribution in [-0.2, 0) is 11.2 Å². The van der Waals surface area contributed by atoms with Crippen molar-refractivity contribution >= 4 is 5.91 Å². The number of aryl methyl sites for hydroxylation is 1. The number of carbonyl (C=O) groups is 1. The third-order valence-corrected chi connectivity index (χ3v) is 3.10. The number of pyridine rings is 1. The summed E-state index contributed by atoms with van der Waals surface area (Å²) in [6.45, 7) is 1.84. The van der Waals surface area contributed by atoms with Gasteiger partial charge in [-0.2, -0.15) is 0 Å². The number of nitrogens with zero attached hydrogens (tertiary/aromatic N) is 1. The van der Waals surface area contributed by atoms with Gasteiger partial charge in [-0.1, -0.05) is 0 Å². The van der Waals surface area contributed by atoms with Crippen molar-refractivity contribution < 1.29 is 4.79 Å². The van der Waals surface area contributed by atoms with Gasteiger partial charge in [0.1, 0.15) is 0 Å². The third-order valence-electron chi connectivity index (χ3n) is 3.10. The predicted octanol–water partition coefficient (Wildman–Crippen LogP) is 0.882. The number of hydrogen-bond acceptors (Lipinski definition) is 3. The molecule has 1 aromatic heterocycles. The molecule has 4 nitrogen and oxygen atoms in total. The van der Waals surface area contributed by atoms with E-state index in [1.807, 2.05) is 12.1 Å². The summed E-state index contributed by atoms with van der Waals surface area (Å²) in [5, 5.41) is 6.34. The zero-order chi connectivity index (χ0) is 11.9. The van der Waals surface area contributed by atoms with E-state index in [9.17, 15) is 4.79 Å². The Morgan fingerprint density at radius 1 is 1.47 bits per heavy atom. The van der Waals surface area contributed by atoms with Gasteiger partial charge in [0, 0.05) is 31.4 Å². The molecule has 1 atom stereocenters. The Morgan fingerprint density at radius 2 is 2.29 bits per heavy atom. The first-order chi connectivity index (χ1) is 8.34. The first kappa shape index (κ1) is 12.0. The van der Waals surface area contributed by atoms with E-state index >= 15 is 0 Å². The average Bonchev–Trinajstić information content (AvgIpc) is 2.88. The maximum Gasteiger partial charge on any atom is 0.220 e. The molecule has 17 heavy (non-hydrogen) atoms. The molecule has 0 radical (unpaired) electrons. The van der Waals surface area contributed by atoms with Crippen LogP contribution in [0.15, 0.2) is 24.5 Å². The molecular weight excluding hydrogens is 214 g/mol. The number of rotatable bonds is 5. The van der Waals surface area contributed by atoms with Gasteiger partial charge in [-0.3, -0.25) is 9.78 Å². The summed E-state index contributed by atoms with van der Waals surface area (Å²) < 4.78 is 0. The lowest BCUT2D eigenvalue weighted by atomic mass is 10.1. The monoisotopic (exact) mass is 233 g/mol. The van der Waals surface area contributed by atoms with Crippen LogP contribution in [0.25, 0.3) is 0 Å². The third kappa shape index (κ3) is 4.15. The molecule has 1 amide bonds. The SMILES string of the molecule is O=C(CCc1ccncc1)NCC1CCCN1. The Bertz CT molecular complexity index is 347. The van der Waals surface area contributed by atoms with Crippen LogP contribution in [0.4, 0.5) is 0 Å². The second-order valence-corrected chi connectivity index (χ2v) is 4.45. The predicted molar refractivity (Wildman–Crippen MR) is 66.6 cm³/mol. The standard InChI is InChI=1S/C13H19N3O/c17-13(16-10-12-2-1-7-15-12)4-3-11-5-8-14-9-6-11/h5-6,8-9,12,15H,1-4,7,10H2,(H,16,17). The quantitative estimate of drug-likeness (QED) is 0.794. The van der Waals surface area contributed by atoms with E-state index in [0.29, 0.717) is 12.5 Å². The average molecular weight is 233 g/mol. The lowest BCUT2D eigenvalue weighted by Crippen LogP contribution is -2.37. The normalized spacial score (nSPS) is 19.2. The molecule has 0 saturated carbocycles. The minimum Gasteiger partial charge on any atom is -0.355 e. The largest absolute Gasteiger partial charge is 0.355 e. The van der Waals surface area contributed by atoms with Crippen molar-refractivity contribution in [2.75, 3.05) is 13.1 Å². The molecule has 1 saturated heterocycles. The smallest absolute Gasteiger partial charge is 0.220 e. The molecule has 0 aliphatic carbocycles. The fraction of sp³-hybridized carbons (Fsp3) is 0.538. The Balaban J connectivity index is 1.64. The van der Waals surface area contributed by atoms with Crippen LogP contribution in [0.3, 0.4) is 0 Å². The number of amides is 1. The second kappa shape index (κ2) is 6.35. The van der Waals surface area contributed by atoms with Crippen LogP contribution >= 0.6 is 0 Å². The van der Waals surface area contributed by atoms with E-state index in [0.717, 1.165) is 25.1 Å². The van der Waals surface area contributed by atoms with Gasteiger partial charge in [-0.15, -0.1) is 0 Å². The molecular formula is C13H19N3O. The van der Waals surface area contributed by atoms with Gasteiger partial charge in [0.15, 0.2) is 0 Å². The van der Waals surface area contributed by atoms with Crippen LogP contribution in [0.5, 0.6) is 0 Å². The summed E-state index contributed by atoms with van der Waals surface area (Å²) >= 11 is 0. The molecule has 1 aliphatic heterocycles. The Labute approximate surface area is 102 Å². The summed E-state index contributed by atoms with van der Waals surface area (Å²) in [5.74, 6) is 0.135. The van der Waals surface area contributed by atoms with Crippen molar-refractivity contribution in [3.8, 4) is 0 Å². The second-order valence-electron chi connectivity index (χ2n) is 4.45. The summed E-state index contributed by atoms with van der Waals surface area (Å²) in [4.78, 5) is 15.6. The Kier molecular flexibility index (Phi) is 4.50. The minimum atomic E-state index is 0.135. The molecule has 2 heterocycles. The van der Waals surface area contributed by atoms with Gasteiger partial charge in [0.25, 0.3) is 0 Å². The van der Waals surface area contributed by atoms with Gasteiger partial charge in [-0.05, 0) is 43.5 Å². The number of nitrogens with one attached hydrogen (secondary N) is 2. The van der Waals surface area contributed by atoms with Gasteiger partial charge >= 0.3 is 0 Å². The molecule has 92 valence electrons. The lowest BCUT2D eigenvalue weighted by Gasteiger charge is -2.11. The van der Waals surface area contributed by atoms with Crippen LogP contribution in [0.2, 0.25) is 0 Å². The van der Waals surface area contributed by atoms with E-state index in [4.69, 9.17) is 0 Å². The highest BCUT2D eigenvalue weighted by molar-refractivity contribution is 5.76. The van der Waals surface area contributed by atoms with Gasteiger partial charge in [0.2, 0.25) is 5.91 Å². The topological polar surface area (TPSA) is 54.0 Å². The van der Waals surface area contributed by atoms with Crippen LogP contribution in [0.1, 0.15) is 24.8 Å². The molecule has 1 unspecified atom stereocenters. The molecule has 4 heteroatoms. The van der Waals surface area contributed by atoms with Crippen molar-refractivity contribution in [1.82, 2.24) is 15.6 Å². The number of hydrogen-bond donors (Lipinski definition) is 2. The van der Waals surface area contributed by atoms with E-state index in [2.05, 4.69) is 15.6 Å². The van der Waals surface area contributed by atoms with Crippen molar-refractivity contribution in [1.29, 1.82) is 0 Å². The molecule has 0 aromatic carbocycles. The van der Waals surface area contributed by atoms with E-state index in [1.165, 1.54) is 12.8 Å². The Morgan fingerprint density at radius 3 is 3.00 bits per heavy atom. The molecule has 2 N–H and O–H groups in total. The van der Waals surface area contributed by atoms with Crippen LogP contribution in [-0.4, -0.2) is 30.0 Å². The van der Waals surface area contributed by atoms with Gasteiger partial charge < -0.3 is 10.6 Å². The van der Waals surface area contributed by atoms with Crippen LogP contribution < -0.4 is 10.6 Å². The Hall–Kier alpha value is -1.42. The lowest BCUT2D eigenvalue weighted by molar-refractivity contribution is -0.121. The summed E-state index contributed by atoms with van der Waals surface area (Å²) in [6.07, 6.45) is 7.25. The highest BCUT2D eigenvalue weighted by Crippen LogP contribution is 2.04. The molecule has 0 bridgehead atoms. The highest BCUT2D eigenvalue weighted by Gasteiger charge is 2.14. The van der Waals surface area contributed by atoms with E-state index in [-0.39, 0.29) is 5.91 Å². The van der Waals surface area contributed by atoms with Crippen molar-refractivity contribution in [2.45, 2.75) is 31.7 Å². The molecule has 1 fully saturated rings. The van der Waals surface area contributed by atoms with Crippen molar-refractivity contribution in [3.63, 3.8) is 0 Å². The zero-order valence-corrected chi connectivity index (χ0v) is 9.98. The first-order valence-electron chi connectivity index (χ1n) is 6.23. The summed E-state index contributed by atoms with van der Waals surface area (Å²) in [7, 11) is 0. The first-order valence-corrected chi connectivity index (χ1v) is 6.23. The fourth-order valence-electron chi connectivity index (χ4n) is 2.06. The van der Waals surface area contributed by atoms with Gasteiger partial charge in [-0.25, -0.2) is 0 Å². The van der Waals surface area contributed by atoms with E-state index in [1.54, 1.807) is 12.4 Å².